The van der Waals surface area contributed by atoms with Gasteiger partial charge in [0.2, 0.25) is 0 Å². The molecule has 5 N–H and O–H groups in total. The predicted octanol–water partition coefficient (Wildman–Crippen LogP) is 1.26. The summed E-state index contributed by atoms with van der Waals surface area (Å²) in [6, 6.07) is 5.73. The maximum atomic E-state index is 11.4. The van der Waals surface area contributed by atoms with Gasteiger partial charge in [0.25, 0.3) is 5.91 Å². The molecule has 1 unspecified atom stereocenters. The number of carbonyl (C=O) groups is 1. The number of hydrogen-bond acceptors (Lipinski definition) is 4. The van der Waals surface area contributed by atoms with Crippen LogP contribution in [0.1, 0.15) is 30.1 Å². The highest BCUT2D eigenvalue weighted by atomic mass is 16.1. The van der Waals surface area contributed by atoms with Gasteiger partial charge in [0.05, 0.1) is 16.9 Å². The standard InChI is InChI=1S/C14H22N4O/c1-2-18-8-4-5-10(18)9-17-13-11(14(16)19)6-3-7-12(13)15/h3,6-7,10,17H,2,4-5,8-9,15H2,1H3,(H2,16,19). The Morgan fingerprint density at radius 1 is 1.53 bits per heavy atom. The third-order valence-electron chi connectivity index (χ3n) is 3.78. The predicted molar refractivity (Wildman–Crippen MR) is 78.1 cm³/mol. The summed E-state index contributed by atoms with van der Waals surface area (Å²) in [6.07, 6.45) is 2.41. The van der Waals surface area contributed by atoms with Gasteiger partial charge in [-0.2, -0.15) is 0 Å². The first-order valence-corrected chi connectivity index (χ1v) is 6.79. The van der Waals surface area contributed by atoms with Crippen LogP contribution >= 0.6 is 0 Å². The number of primary amides is 1. The Kier molecular flexibility index (Phi) is 4.27. The molecule has 5 nitrogen and oxygen atoms in total. The maximum Gasteiger partial charge on any atom is 0.250 e. The molecule has 1 amide bonds. The molecule has 19 heavy (non-hydrogen) atoms. The lowest BCUT2D eigenvalue weighted by Crippen LogP contribution is -2.35. The molecule has 0 aliphatic carbocycles. The first kappa shape index (κ1) is 13.7. The van der Waals surface area contributed by atoms with Crippen molar-refractivity contribution >= 4 is 17.3 Å². The van der Waals surface area contributed by atoms with E-state index in [2.05, 4.69) is 17.1 Å². The van der Waals surface area contributed by atoms with Crippen LogP contribution in [-0.4, -0.2) is 36.5 Å². The van der Waals surface area contributed by atoms with Crippen LogP contribution in [0.4, 0.5) is 11.4 Å². The number of nitrogens with two attached hydrogens (primary N) is 2. The van der Waals surface area contributed by atoms with Gasteiger partial charge < -0.3 is 16.8 Å². The Morgan fingerprint density at radius 3 is 3.00 bits per heavy atom. The highest BCUT2D eigenvalue weighted by molar-refractivity contribution is 6.01. The van der Waals surface area contributed by atoms with Crippen LogP contribution in [0.5, 0.6) is 0 Å². The van der Waals surface area contributed by atoms with Gasteiger partial charge in [-0.25, -0.2) is 0 Å². The Hall–Kier alpha value is -1.75. The van der Waals surface area contributed by atoms with E-state index in [0.717, 1.165) is 19.6 Å². The molecule has 5 heteroatoms. The Bertz CT molecular complexity index is 461. The van der Waals surface area contributed by atoms with Crippen LogP contribution in [-0.2, 0) is 0 Å². The topological polar surface area (TPSA) is 84.4 Å². The normalized spacial score (nSPS) is 19.5. The minimum Gasteiger partial charge on any atom is -0.397 e. The van der Waals surface area contributed by atoms with Crippen molar-refractivity contribution in [3.8, 4) is 0 Å². The van der Waals surface area contributed by atoms with Crippen molar-refractivity contribution in [3.05, 3.63) is 23.8 Å². The first-order valence-electron chi connectivity index (χ1n) is 6.79. The molecule has 0 bridgehead atoms. The summed E-state index contributed by atoms with van der Waals surface area (Å²) in [4.78, 5) is 13.8. The van der Waals surface area contributed by atoms with Crippen LogP contribution in [0, 0.1) is 0 Å². The van der Waals surface area contributed by atoms with Gasteiger partial charge in [0, 0.05) is 12.6 Å². The van der Waals surface area contributed by atoms with E-state index in [1.165, 1.54) is 12.8 Å². The minimum absolute atomic E-state index is 0.450. The number of likely N-dealkylation sites (N-methyl/N-ethyl adjacent to an activating group) is 1. The molecule has 0 aromatic heterocycles. The van der Waals surface area contributed by atoms with Crippen LogP contribution in [0.2, 0.25) is 0 Å². The largest absolute Gasteiger partial charge is 0.397 e. The number of likely N-dealkylation sites (tertiary alicyclic amines) is 1. The molecular weight excluding hydrogens is 240 g/mol. The fraction of sp³-hybridized carbons (Fsp3) is 0.500. The van der Waals surface area contributed by atoms with E-state index in [1.54, 1.807) is 18.2 Å². The number of amides is 1. The second kappa shape index (κ2) is 5.93. The number of hydrogen-bond donors (Lipinski definition) is 3. The zero-order valence-electron chi connectivity index (χ0n) is 11.4. The van der Waals surface area contributed by atoms with E-state index in [1.807, 2.05) is 0 Å². The average Bonchev–Trinajstić information content (AvgIpc) is 2.84. The van der Waals surface area contributed by atoms with E-state index in [4.69, 9.17) is 11.5 Å². The lowest BCUT2D eigenvalue weighted by molar-refractivity contribution is 0.100. The van der Waals surface area contributed by atoms with Gasteiger partial charge in [0.15, 0.2) is 0 Å². The molecule has 1 aliphatic rings. The molecule has 1 fully saturated rings. The fourth-order valence-electron chi connectivity index (χ4n) is 2.74. The number of nitrogens with one attached hydrogen (secondary N) is 1. The molecule has 104 valence electrons. The van der Waals surface area contributed by atoms with Gasteiger partial charge in [-0.15, -0.1) is 0 Å². The summed E-state index contributed by atoms with van der Waals surface area (Å²) in [5, 5.41) is 3.30. The van der Waals surface area contributed by atoms with E-state index in [0.29, 0.717) is 23.0 Å². The Labute approximate surface area is 113 Å². The SMILES string of the molecule is CCN1CCCC1CNc1c(N)cccc1C(N)=O. The molecule has 1 saturated heterocycles. The molecule has 1 aromatic rings. The quantitative estimate of drug-likeness (QED) is 0.698. The van der Waals surface area contributed by atoms with E-state index >= 15 is 0 Å². The summed E-state index contributed by atoms with van der Waals surface area (Å²) in [7, 11) is 0. The molecule has 2 rings (SSSR count). The number of anilines is 2. The van der Waals surface area contributed by atoms with Crippen molar-refractivity contribution in [3.63, 3.8) is 0 Å². The maximum absolute atomic E-state index is 11.4. The van der Waals surface area contributed by atoms with Crippen LogP contribution in [0.15, 0.2) is 18.2 Å². The third kappa shape index (κ3) is 2.98. The van der Waals surface area contributed by atoms with Crippen molar-refractivity contribution in [1.82, 2.24) is 4.90 Å². The lowest BCUT2D eigenvalue weighted by atomic mass is 10.1. The third-order valence-corrected chi connectivity index (χ3v) is 3.78. The molecule has 0 radical (unpaired) electrons. The monoisotopic (exact) mass is 262 g/mol. The first-order chi connectivity index (χ1) is 9.13. The molecule has 1 heterocycles. The van der Waals surface area contributed by atoms with Crippen molar-refractivity contribution in [2.24, 2.45) is 5.73 Å². The van der Waals surface area contributed by atoms with Crippen LogP contribution in [0.25, 0.3) is 0 Å². The minimum atomic E-state index is -0.450. The molecule has 0 saturated carbocycles. The summed E-state index contributed by atoms with van der Waals surface area (Å²) < 4.78 is 0. The Morgan fingerprint density at radius 2 is 2.32 bits per heavy atom. The smallest absolute Gasteiger partial charge is 0.250 e. The van der Waals surface area contributed by atoms with Crippen molar-refractivity contribution < 1.29 is 4.79 Å². The second-order valence-electron chi connectivity index (χ2n) is 4.94. The number of benzene rings is 1. The van der Waals surface area contributed by atoms with Gasteiger partial charge in [0.1, 0.15) is 0 Å². The van der Waals surface area contributed by atoms with Crippen LogP contribution in [0.3, 0.4) is 0 Å². The van der Waals surface area contributed by atoms with E-state index < -0.39 is 5.91 Å². The van der Waals surface area contributed by atoms with Gasteiger partial charge in [-0.1, -0.05) is 13.0 Å². The van der Waals surface area contributed by atoms with Crippen molar-refractivity contribution in [1.29, 1.82) is 0 Å². The Balaban J connectivity index is 2.09. The molecular formula is C14H22N4O. The number of carbonyl (C=O) groups excluding carboxylic acids is 1. The molecule has 1 aromatic carbocycles. The van der Waals surface area contributed by atoms with E-state index in [9.17, 15) is 4.79 Å². The highest BCUT2D eigenvalue weighted by Gasteiger charge is 2.23. The van der Waals surface area contributed by atoms with Gasteiger partial charge in [-0.3, -0.25) is 9.69 Å². The van der Waals surface area contributed by atoms with Gasteiger partial charge in [-0.05, 0) is 38.1 Å². The fourth-order valence-corrected chi connectivity index (χ4v) is 2.74. The number of nitrogens with zero attached hydrogens (tertiary/aromatic N) is 1. The zero-order chi connectivity index (χ0) is 13.8. The number of nitrogen functional groups attached to an aromatic ring is 1. The molecule has 0 spiro atoms. The summed E-state index contributed by atoms with van der Waals surface area (Å²) in [5.41, 5.74) is 13.0. The van der Waals surface area contributed by atoms with Gasteiger partial charge >= 0.3 is 0 Å². The van der Waals surface area contributed by atoms with Crippen LogP contribution < -0.4 is 16.8 Å². The van der Waals surface area contributed by atoms with Crippen molar-refractivity contribution in [2.75, 3.05) is 30.7 Å². The zero-order valence-corrected chi connectivity index (χ0v) is 11.4. The average molecular weight is 262 g/mol. The summed E-state index contributed by atoms with van der Waals surface area (Å²) >= 11 is 0. The second-order valence-corrected chi connectivity index (χ2v) is 4.94. The molecule has 1 atom stereocenters. The number of para-hydroxylation sites is 1. The molecule has 1 aliphatic heterocycles. The summed E-state index contributed by atoms with van der Waals surface area (Å²) in [5.74, 6) is -0.450. The lowest BCUT2D eigenvalue weighted by Gasteiger charge is -2.24. The van der Waals surface area contributed by atoms with E-state index in [-0.39, 0.29) is 0 Å². The van der Waals surface area contributed by atoms with Crippen molar-refractivity contribution in [2.45, 2.75) is 25.8 Å². The highest BCUT2D eigenvalue weighted by Crippen LogP contribution is 2.24. The number of rotatable bonds is 5. The summed E-state index contributed by atoms with van der Waals surface area (Å²) in [6.45, 7) is 5.17.